The molecule has 3 rings (SSSR count). The largest absolute Gasteiger partial charge is 0.497 e. The van der Waals surface area contributed by atoms with Gasteiger partial charge in [-0.1, -0.05) is 36.7 Å². The number of methoxy groups -OCH3 is 1. The Labute approximate surface area is 158 Å². The molecule has 0 radical (unpaired) electrons. The molecule has 1 fully saturated rings. The van der Waals surface area contributed by atoms with E-state index in [1.807, 2.05) is 18.2 Å². The molecule has 5 nitrogen and oxygen atoms in total. The molecule has 156 valence electrons. The number of benzene rings is 1. The fourth-order valence-electron chi connectivity index (χ4n) is 3.17. The van der Waals surface area contributed by atoms with E-state index in [0.29, 0.717) is 30.7 Å². The summed E-state index contributed by atoms with van der Waals surface area (Å²) in [4.78, 5) is 18.5. The van der Waals surface area contributed by atoms with Crippen LogP contribution >= 0.6 is 10.2 Å². The van der Waals surface area contributed by atoms with Crippen LogP contribution < -0.4 is 4.74 Å². The molecule has 0 aliphatic carbocycles. The van der Waals surface area contributed by atoms with E-state index in [1.165, 1.54) is 0 Å². The maximum atomic E-state index is 12.3. The fourth-order valence-corrected chi connectivity index (χ4v) is 3.55. The van der Waals surface area contributed by atoms with E-state index in [-0.39, 0.29) is 19.2 Å². The summed E-state index contributed by atoms with van der Waals surface area (Å²) in [7, 11) is -8.20. The molecule has 1 aromatic rings. The number of carbonyl (C=O) groups is 1. The second-order valence-corrected chi connectivity index (χ2v) is 9.21. The minimum absolute atomic E-state index is 0.0877. The van der Waals surface area contributed by atoms with Crippen molar-refractivity contribution in [3.05, 3.63) is 41.3 Å². The molecule has 0 unspecified atom stereocenters. The van der Waals surface area contributed by atoms with E-state index in [2.05, 4.69) is 5.16 Å². The Bertz CT molecular complexity index is 846. The van der Waals surface area contributed by atoms with Crippen LogP contribution in [0.25, 0.3) is 0 Å². The summed E-state index contributed by atoms with van der Waals surface area (Å²) in [5.41, 5.74) is 0.881. The van der Waals surface area contributed by atoms with Gasteiger partial charge >= 0.3 is 10.2 Å². The Kier molecular flexibility index (Phi) is 4.45. The first-order chi connectivity index (χ1) is 12.8. The highest BCUT2D eigenvalue weighted by Gasteiger charge is 2.60. The average molecular weight is 426 g/mol. The van der Waals surface area contributed by atoms with Crippen molar-refractivity contribution in [3.63, 3.8) is 0 Å². The van der Waals surface area contributed by atoms with Crippen LogP contribution in [-0.2, 0) is 9.63 Å². The first-order valence-corrected chi connectivity index (χ1v) is 10.4. The quantitative estimate of drug-likeness (QED) is 0.503. The predicted molar refractivity (Wildman–Crippen MR) is 96.0 cm³/mol. The van der Waals surface area contributed by atoms with Crippen molar-refractivity contribution < 1.29 is 33.8 Å². The summed E-state index contributed by atoms with van der Waals surface area (Å²) < 4.78 is 66.9. The number of ether oxygens (including phenoxy) is 1. The highest BCUT2D eigenvalue weighted by atomic mass is 32.5. The van der Waals surface area contributed by atoms with Gasteiger partial charge in [-0.2, -0.15) is 0 Å². The predicted octanol–water partition coefficient (Wildman–Crippen LogP) is 4.99. The molecule has 0 N–H and O–H groups in total. The minimum Gasteiger partial charge on any atom is -0.497 e. The lowest BCUT2D eigenvalue weighted by Crippen LogP contribution is -2.46. The lowest BCUT2D eigenvalue weighted by molar-refractivity contribution is -0.131. The number of amides is 1. The van der Waals surface area contributed by atoms with Crippen molar-refractivity contribution in [2.24, 2.45) is 5.16 Å². The van der Waals surface area contributed by atoms with Crippen LogP contribution in [0.15, 0.2) is 40.9 Å². The SMILES string of the molecule is COc1cccc(C2=NOC3(CCN(C(=O)C=CS(F)(F)(F)(F)F)CC3)C2)c1. The van der Waals surface area contributed by atoms with Gasteiger partial charge in [0.25, 0.3) is 0 Å². The number of nitrogens with zero attached hydrogens (tertiary/aromatic N) is 2. The summed E-state index contributed by atoms with van der Waals surface area (Å²) in [5.74, 6) is -0.438. The van der Waals surface area contributed by atoms with Gasteiger partial charge in [-0.25, -0.2) is 0 Å². The lowest BCUT2D eigenvalue weighted by Gasteiger charge is -2.38. The van der Waals surface area contributed by atoms with Gasteiger partial charge in [-0.3, -0.25) is 4.79 Å². The van der Waals surface area contributed by atoms with Crippen LogP contribution in [0.2, 0.25) is 0 Å². The molecule has 0 saturated carbocycles. The van der Waals surface area contributed by atoms with Crippen LogP contribution in [0.3, 0.4) is 0 Å². The molecule has 28 heavy (non-hydrogen) atoms. The van der Waals surface area contributed by atoms with E-state index < -0.39 is 27.1 Å². The smallest absolute Gasteiger partial charge is 0.304 e. The molecule has 1 saturated heterocycles. The fraction of sp³-hybridized carbons (Fsp3) is 0.412. The van der Waals surface area contributed by atoms with Crippen molar-refractivity contribution in [3.8, 4) is 5.75 Å². The van der Waals surface area contributed by atoms with E-state index in [9.17, 15) is 24.2 Å². The van der Waals surface area contributed by atoms with E-state index in [0.717, 1.165) is 10.5 Å². The maximum Gasteiger partial charge on any atom is 0.304 e. The molecule has 1 aromatic carbocycles. The van der Waals surface area contributed by atoms with Crippen molar-refractivity contribution in [1.82, 2.24) is 4.90 Å². The molecule has 0 atom stereocenters. The Morgan fingerprint density at radius 3 is 2.54 bits per heavy atom. The molecule has 1 spiro atoms. The van der Waals surface area contributed by atoms with Gasteiger partial charge in [0.2, 0.25) is 5.91 Å². The lowest BCUT2D eigenvalue weighted by atomic mass is 9.85. The highest BCUT2D eigenvalue weighted by molar-refractivity contribution is 8.48. The zero-order valence-electron chi connectivity index (χ0n) is 14.9. The normalized spacial score (nSPS) is 21.8. The molecular formula is C17H19F5N2O3S. The van der Waals surface area contributed by atoms with Crippen LogP contribution in [0.1, 0.15) is 24.8 Å². The van der Waals surface area contributed by atoms with Crippen molar-refractivity contribution in [1.29, 1.82) is 0 Å². The number of halogens is 5. The third-order valence-electron chi connectivity index (χ3n) is 4.70. The Morgan fingerprint density at radius 1 is 1.25 bits per heavy atom. The molecule has 2 aliphatic rings. The summed E-state index contributed by atoms with van der Waals surface area (Å²) >= 11 is 0. The van der Waals surface area contributed by atoms with Crippen molar-refractivity contribution >= 4 is 21.8 Å². The number of hydrogen-bond donors (Lipinski definition) is 0. The second-order valence-electron chi connectivity index (χ2n) is 6.88. The van der Waals surface area contributed by atoms with Crippen LogP contribution in [0.5, 0.6) is 5.75 Å². The average Bonchev–Trinajstić information content (AvgIpc) is 3.02. The zero-order valence-corrected chi connectivity index (χ0v) is 15.7. The topological polar surface area (TPSA) is 51.1 Å². The number of oxime groups is 1. The van der Waals surface area contributed by atoms with E-state index >= 15 is 0 Å². The second kappa shape index (κ2) is 6.10. The van der Waals surface area contributed by atoms with Gasteiger partial charge in [0.15, 0.2) is 0 Å². The monoisotopic (exact) mass is 426 g/mol. The Morgan fingerprint density at radius 2 is 1.93 bits per heavy atom. The summed E-state index contributed by atoms with van der Waals surface area (Å²) in [6, 6.07) is 7.27. The van der Waals surface area contributed by atoms with Crippen LogP contribution in [0, 0.1) is 0 Å². The maximum absolute atomic E-state index is 12.3. The van der Waals surface area contributed by atoms with Gasteiger partial charge in [0, 0.05) is 44.0 Å². The van der Waals surface area contributed by atoms with Crippen molar-refractivity contribution in [2.45, 2.75) is 24.9 Å². The minimum atomic E-state index is -9.75. The van der Waals surface area contributed by atoms with Gasteiger partial charge in [0.1, 0.15) is 11.4 Å². The summed E-state index contributed by atoms with van der Waals surface area (Å²) in [6.07, 6.45) is 1.04. The zero-order chi connectivity index (χ0) is 20.7. The molecule has 1 amide bonds. The Balaban J connectivity index is 1.60. The number of carbonyl (C=O) groups excluding carboxylic acids is 1. The van der Waals surface area contributed by atoms with Gasteiger partial charge < -0.3 is 14.5 Å². The molecule has 0 bridgehead atoms. The third-order valence-corrected chi connectivity index (χ3v) is 5.35. The van der Waals surface area contributed by atoms with Gasteiger partial charge in [-0.15, -0.1) is 0 Å². The number of piperidine rings is 1. The van der Waals surface area contributed by atoms with Crippen LogP contribution in [-0.4, -0.2) is 42.3 Å². The first kappa shape index (κ1) is 20.4. The number of likely N-dealkylation sites (tertiary alicyclic amines) is 1. The Hall–Kier alpha value is -2.30. The number of hydrogen-bond acceptors (Lipinski definition) is 4. The van der Waals surface area contributed by atoms with Crippen molar-refractivity contribution in [2.75, 3.05) is 20.2 Å². The van der Waals surface area contributed by atoms with E-state index in [4.69, 9.17) is 9.57 Å². The molecule has 2 heterocycles. The standard InChI is InChI=1S/C17H19F5N2O3S/c1-26-14-4-2-3-13(11-14)15-12-17(27-23-15)6-8-24(9-7-17)16(25)5-10-28(18,19,20,21)22/h2-5,10-11H,6-9,12H2,1H3. The highest BCUT2D eigenvalue weighted by Crippen LogP contribution is 2.98. The van der Waals surface area contributed by atoms with E-state index in [1.54, 1.807) is 13.2 Å². The van der Waals surface area contributed by atoms with Crippen LogP contribution in [0.4, 0.5) is 19.4 Å². The molecular weight excluding hydrogens is 407 g/mol. The molecule has 11 heteroatoms. The summed E-state index contributed by atoms with van der Waals surface area (Å²) in [6.45, 7) is 0.175. The van der Waals surface area contributed by atoms with Gasteiger partial charge in [-0.05, 0) is 12.1 Å². The number of rotatable bonds is 4. The molecule has 2 aliphatic heterocycles. The molecule has 0 aromatic heterocycles. The first-order valence-electron chi connectivity index (χ1n) is 8.40. The van der Waals surface area contributed by atoms with Gasteiger partial charge in [0.05, 0.1) is 18.2 Å². The summed E-state index contributed by atoms with van der Waals surface area (Å²) in [5, 5.41) is 2.91. The third kappa shape index (κ3) is 5.15.